The van der Waals surface area contributed by atoms with Crippen molar-refractivity contribution in [3.8, 4) is 10.9 Å². The van der Waals surface area contributed by atoms with Crippen molar-refractivity contribution in [1.82, 2.24) is 4.98 Å². The van der Waals surface area contributed by atoms with E-state index in [9.17, 15) is 19.1 Å². The van der Waals surface area contributed by atoms with Gasteiger partial charge in [-0.1, -0.05) is 23.5 Å². The molecule has 0 spiro atoms. The van der Waals surface area contributed by atoms with Gasteiger partial charge in [0.25, 0.3) is 5.19 Å². The first-order valence-corrected chi connectivity index (χ1v) is 10.6. The number of carbonyl (C=O) groups excluding carboxylic acids is 2. The summed E-state index contributed by atoms with van der Waals surface area (Å²) in [5.41, 5.74) is 1.54. The first-order chi connectivity index (χ1) is 14.4. The summed E-state index contributed by atoms with van der Waals surface area (Å²) in [5, 5.41) is 11.2. The monoisotopic (exact) mass is 423 g/mol. The molecule has 1 N–H and O–H groups in total. The zero-order valence-corrected chi connectivity index (χ0v) is 17.0. The van der Waals surface area contributed by atoms with Crippen LogP contribution in [0.5, 0.6) is 10.9 Å². The van der Waals surface area contributed by atoms with E-state index in [4.69, 9.17) is 4.74 Å². The number of hydrogen-bond donors (Lipinski definition) is 1. The van der Waals surface area contributed by atoms with Gasteiger partial charge in [0, 0.05) is 17.4 Å². The summed E-state index contributed by atoms with van der Waals surface area (Å²) in [6.07, 6.45) is 2.00. The summed E-state index contributed by atoms with van der Waals surface area (Å²) >= 11 is 1.25. The summed E-state index contributed by atoms with van der Waals surface area (Å²) in [6, 6.07) is 9.51. The number of aliphatic hydroxyl groups is 1. The van der Waals surface area contributed by atoms with E-state index in [1.807, 2.05) is 0 Å². The second-order valence-electron chi connectivity index (χ2n) is 7.76. The van der Waals surface area contributed by atoms with E-state index in [2.05, 4.69) is 4.98 Å². The molecule has 0 radical (unpaired) electrons. The van der Waals surface area contributed by atoms with E-state index < -0.39 is 5.82 Å². The summed E-state index contributed by atoms with van der Waals surface area (Å²) in [5.74, 6) is -1.54. The summed E-state index contributed by atoms with van der Waals surface area (Å²) < 4.78 is 20.3. The fourth-order valence-corrected chi connectivity index (χ4v) is 5.27. The molecule has 5 rings (SSSR count). The molecule has 2 bridgehead atoms. The Morgan fingerprint density at radius 3 is 2.53 bits per heavy atom. The normalized spacial score (nSPS) is 20.8. The second-order valence-corrected chi connectivity index (χ2v) is 8.75. The van der Waals surface area contributed by atoms with Gasteiger partial charge in [0.05, 0.1) is 10.2 Å². The number of aromatic nitrogens is 1. The Morgan fingerprint density at radius 1 is 1.13 bits per heavy atom. The standard InChI is InChI=1S/C23H18FNO4S/c1-11-14(22(28)18-20(26)12-6-7-13(10-12)21(18)27)8-9-17-19(11)25-23(30-17)29-16-5-3-2-4-15(16)24/h2-5,8-9,12-13,28H,6-7,10H2,1H3. The maximum atomic E-state index is 13.9. The number of halogens is 1. The van der Waals surface area contributed by atoms with Gasteiger partial charge >= 0.3 is 0 Å². The molecule has 3 aromatic rings. The predicted octanol–water partition coefficient (Wildman–Crippen LogP) is 5.37. The highest BCUT2D eigenvalue weighted by atomic mass is 32.1. The van der Waals surface area contributed by atoms with Crippen LogP contribution in [0.15, 0.2) is 42.0 Å². The molecule has 2 aliphatic carbocycles. The molecule has 2 aliphatic rings. The SMILES string of the molecule is Cc1c(C(O)=C2C(=O)C3CCC(C3)C2=O)ccc2sc(Oc3ccccc3F)nc12. The van der Waals surface area contributed by atoms with Gasteiger partial charge in [0.2, 0.25) is 0 Å². The molecule has 5 nitrogen and oxygen atoms in total. The Kier molecular flexibility index (Phi) is 4.43. The van der Waals surface area contributed by atoms with E-state index in [-0.39, 0.29) is 45.7 Å². The van der Waals surface area contributed by atoms with E-state index in [0.29, 0.717) is 35.9 Å². The smallest absolute Gasteiger partial charge is 0.279 e. The van der Waals surface area contributed by atoms with Crippen LogP contribution in [-0.2, 0) is 9.59 Å². The lowest BCUT2D eigenvalue weighted by molar-refractivity contribution is -0.127. The Balaban J connectivity index is 1.56. The number of fused-ring (bicyclic) bond motifs is 3. The van der Waals surface area contributed by atoms with Crippen LogP contribution >= 0.6 is 11.3 Å². The number of ether oxygens (including phenoxy) is 1. The first-order valence-electron chi connectivity index (χ1n) is 9.78. The van der Waals surface area contributed by atoms with Gasteiger partial charge in [-0.3, -0.25) is 9.59 Å². The van der Waals surface area contributed by atoms with Crippen molar-refractivity contribution in [3.05, 3.63) is 58.9 Å². The van der Waals surface area contributed by atoms with Crippen LogP contribution in [0.25, 0.3) is 16.0 Å². The van der Waals surface area contributed by atoms with Gasteiger partial charge in [-0.25, -0.2) is 9.37 Å². The molecule has 7 heteroatoms. The number of Topliss-reactive ketones (excluding diaryl/α,β-unsaturated/α-hetero) is 2. The van der Waals surface area contributed by atoms with E-state index >= 15 is 0 Å². The van der Waals surface area contributed by atoms with E-state index in [1.54, 1.807) is 31.2 Å². The maximum absolute atomic E-state index is 13.9. The fourth-order valence-electron chi connectivity index (χ4n) is 4.38. The van der Waals surface area contributed by atoms with Gasteiger partial charge < -0.3 is 9.84 Å². The molecule has 1 aromatic heterocycles. The molecular formula is C23H18FNO4S. The van der Waals surface area contributed by atoms with Crippen molar-refractivity contribution in [3.63, 3.8) is 0 Å². The molecule has 0 saturated heterocycles. The highest BCUT2D eigenvalue weighted by molar-refractivity contribution is 7.20. The van der Waals surface area contributed by atoms with Gasteiger partial charge in [-0.05, 0) is 56.0 Å². The number of hydrogen-bond acceptors (Lipinski definition) is 6. The lowest BCUT2D eigenvalue weighted by Crippen LogP contribution is -2.30. The van der Waals surface area contributed by atoms with Crippen molar-refractivity contribution < 1.29 is 23.8 Å². The number of carbonyl (C=O) groups is 2. The number of aliphatic hydroxyl groups excluding tert-OH is 1. The average molecular weight is 423 g/mol. The van der Waals surface area contributed by atoms with Gasteiger partial charge in [0.15, 0.2) is 23.1 Å². The molecule has 30 heavy (non-hydrogen) atoms. The largest absolute Gasteiger partial charge is 0.506 e. The van der Waals surface area contributed by atoms with Gasteiger partial charge in [0.1, 0.15) is 11.3 Å². The number of aryl methyl sites for hydroxylation is 1. The number of thiazole rings is 1. The number of para-hydroxylation sites is 1. The van der Waals surface area contributed by atoms with Crippen LogP contribution in [0.3, 0.4) is 0 Å². The third-order valence-corrected chi connectivity index (χ3v) is 6.89. The molecular weight excluding hydrogens is 405 g/mol. The topological polar surface area (TPSA) is 76.5 Å². The second kappa shape index (κ2) is 7.02. The number of rotatable bonds is 3. The average Bonchev–Trinajstić information content (AvgIpc) is 3.35. The van der Waals surface area contributed by atoms with Crippen molar-refractivity contribution in [2.75, 3.05) is 0 Å². The lowest BCUT2D eigenvalue weighted by atomic mass is 9.81. The number of allylic oxidation sites excluding steroid dienone is 1. The number of benzene rings is 2. The zero-order chi connectivity index (χ0) is 21.0. The van der Waals surface area contributed by atoms with Crippen LogP contribution in [0.2, 0.25) is 0 Å². The quantitative estimate of drug-likeness (QED) is 0.348. The van der Waals surface area contributed by atoms with Gasteiger partial charge in [-0.2, -0.15) is 0 Å². The van der Waals surface area contributed by atoms with Crippen molar-refractivity contribution in [2.45, 2.75) is 26.2 Å². The minimum absolute atomic E-state index is 0.0748. The molecule has 2 fully saturated rings. The fraction of sp³-hybridized carbons (Fsp3) is 0.261. The van der Waals surface area contributed by atoms with Crippen LogP contribution in [0.4, 0.5) is 4.39 Å². The molecule has 2 atom stereocenters. The third-order valence-electron chi connectivity index (χ3n) is 5.99. The third kappa shape index (κ3) is 2.92. The van der Waals surface area contributed by atoms with Crippen LogP contribution in [0.1, 0.15) is 30.4 Å². The Morgan fingerprint density at radius 2 is 1.83 bits per heavy atom. The lowest BCUT2D eigenvalue weighted by Gasteiger charge is -2.20. The molecule has 152 valence electrons. The van der Waals surface area contributed by atoms with Crippen molar-refractivity contribution in [1.29, 1.82) is 0 Å². The predicted molar refractivity (Wildman–Crippen MR) is 111 cm³/mol. The maximum Gasteiger partial charge on any atom is 0.279 e. The molecule has 2 unspecified atom stereocenters. The van der Waals surface area contributed by atoms with E-state index in [1.165, 1.54) is 23.5 Å². The Labute approximate surface area is 175 Å². The summed E-state index contributed by atoms with van der Waals surface area (Å²) in [6.45, 7) is 1.77. The highest BCUT2D eigenvalue weighted by Crippen LogP contribution is 2.43. The zero-order valence-electron chi connectivity index (χ0n) is 16.1. The molecule has 0 aliphatic heterocycles. The summed E-state index contributed by atoms with van der Waals surface area (Å²) in [7, 11) is 0. The molecule has 1 heterocycles. The van der Waals surface area contributed by atoms with Crippen molar-refractivity contribution >= 4 is 38.9 Å². The first kappa shape index (κ1) is 18.9. The van der Waals surface area contributed by atoms with E-state index in [0.717, 1.165) is 4.70 Å². The van der Waals surface area contributed by atoms with Crippen LogP contribution in [0, 0.1) is 24.6 Å². The molecule has 0 amide bonds. The number of ketones is 2. The minimum atomic E-state index is -0.486. The minimum Gasteiger partial charge on any atom is -0.506 e. The Bertz CT molecular complexity index is 1220. The van der Waals surface area contributed by atoms with Crippen LogP contribution in [-0.4, -0.2) is 21.7 Å². The van der Waals surface area contributed by atoms with Crippen molar-refractivity contribution in [2.24, 2.45) is 11.8 Å². The highest BCUT2D eigenvalue weighted by Gasteiger charge is 2.45. The summed E-state index contributed by atoms with van der Waals surface area (Å²) in [4.78, 5) is 29.9. The molecule has 2 aromatic carbocycles. The molecule has 2 saturated carbocycles. The van der Waals surface area contributed by atoms with Crippen LogP contribution < -0.4 is 4.74 Å². The Hall–Kier alpha value is -3.06. The number of nitrogens with zero attached hydrogens (tertiary/aromatic N) is 1. The van der Waals surface area contributed by atoms with Gasteiger partial charge in [-0.15, -0.1) is 0 Å².